The summed E-state index contributed by atoms with van der Waals surface area (Å²) in [7, 11) is -8.05. The first-order chi connectivity index (χ1) is 32.0. The Kier molecular flexibility index (Phi) is 13.1. The number of urea groups is 2. The number of aromatic amines is 2. The van der Waals surface area contributed by atoms with Crippen LogP contribution in [0.1, 0.15) is 46.5 Å². The number of fused-ring (bicyclic) bond motifs is 2. The van der Waals surface area contributed by atoms with Crippen LogP contribution in [-0.2, 0) is 20.2 Å². The average molecular weight is 946 g/mol. The van der Waals surface area contributed by atoms with Gasteiger partial charge < -0.3 is 38.9 Å². The number of carbonyl (C=O) groups is 2. The Morgan fingerprint density at radius 1 is 0.657 bits per heavy atom. The van der Waals surface area contributed by atoms with Gasteiger partial charge >= 0.3 is 32.3 Å². The van der Waals surface area contributed by atoms with Crippen LogP contribution in [0.15, 0.2) is 144 Å². The van der Waals surface area contributed by atoms with Gasteiger partial charge in [-0.15, -0.1) is 0 Å². The maximum atomic E-state index is 12.7. The molecule has 346 valence electrons. The third kappa shape index (κ3) is 12.1. The molecule has 8 aromatic rings. The molecule has 21 heteroatoms. The zero-order valence-electron chi connectivity index (χ0n) is 36.5. The number of H-pyrrole nitrogens is 2. The molecular formula is C46H47N11O8S2. The molecule has 9 rings (SSSR count). The molecule has 4 amide bonds. The van der Waals surface area contributed by atoms with Crippen molar-refractivity contribution in [2.45, 2.75) is 67.8 Å². The Balaban J connectivity index is 0.000000182. The molecule has 19 nitrogen and oxygen atoms in total. The lowest BCUT2D eigenvalue weighted by Crippen LogP contribution is -2.43. The highest BCUT2D eigenvalue weighted by atomic mass is 32.2. The second kappa shape index (κ2) is 19.3. The number of rotatable bonds is 12. The molecule has 0 unspecified atom stereocenters. The number of carbonyl (C=O) groups excluding carboxylic acids is 2. The highest BCUT2D eigenvalue weighted by molar-refractivity contribution is 7.87. The van der Waals surface area contributed by atoms with E-state index in [-0.39, 0.29) is 33.2 Å². The number of imidazole rings is 3. The zero-order chi connectivity index (χ0) is 47.2. The van der Waals surface area contributed by atoms with Gasteiger partial charge in [-0.2, -0.15) is 16.8 Å². The molecule has 0 saturated heterocycles. The van der Waals surface area contributed by atoms with E-state index in [9.17, 15) is 26.4 Å². The molecule has 7 N–H and O–H groups in total. The first-order valence-electron chi connectivity index (χ1n) is 21.1. The number of nitrogens with one attached hydrogen (secondary N) is 7. The molecule has 3 heterocycles. The van der Waals surface area contributed by atoms with E-state index < -0.39 is 37.8 Å². The van der Waals surface area contributed by atoms with Crippen LogP contribution in [0.5, 0.6) is 11.5 Å². The lowest BCUT2D eigenvalue weighted by molar-refractivity contribution is 0.243. The third-order valence-electron chi connectivity index (χ3n) is 10.1. The summed E-state index contributed by atoms with van der Waals surface area (Å²) in [5, 5.41) is 14.1. The maximum absolute atomic E-state index is 12.7. The SMILES string of the molecule is CC(C)(C)NC(=O)Nc1nc2ccc(OS(=O)(=O)c3ccc(NC4CCCC4)cc3)cc2[nH]1.O=C(Nc1ccccc1)Nc1nc2ccc(OS(=O)(=O)c3ccc(-n4ccnc4)cc3)cc2[nH]1. The summed E-state index contributed by atoms with van der Waals surface area (Å²) in [5.74, 6) is 0.704. The summed E-state index contributed by atoms with van der Waals surface area (Å²) in [5.41, 5.74) is 4.04. The van der Waals surface area contributed by atoms with E-state index in [4.69, 9.17) is 8.37 Å². The molecule has 67 heavy (non-hydrogen) atoms. The zero-order valence-corrected chi connectivity index (χ0v) is 38.1. The summed E-state index contributed by atoms with van der Waals surface area (Å²) >= 11 is 0. The van der Waals surface area contributed by atoms with Gasteiger partial charge in [0.1, 0.15) is 21.3 Å². The molecule has 0 bridgehead atoms. The lowest BCUT2D eigenvalue weighted by atomic mass is 10.1. The molecule has 3 aromatic heterocycles. The third-order valence-corrected chi connectivity index (χ3v) is 12.6. The van der Waals surface area contributed by atoms with E-state index in [1.54, 1.807) is 84.0 Å². The first kappa shape index (κ1) is 45.7. The number of anilines is 4. The number of hydrogen-bond donors (Lipinski definition) is 7. The largest absolute Gasteiger partial charge is 0.382 e. The average Bonchev–Trinajstić information content (AvgIpc) is 4.12. The topological polar surface area (TPSA) is 256 Å². The molecule has 0 atom stereocenters. The normalized spacial score (nSPS) is 13.1. The van der Waals surface area contributed by atoms with Crippen molar-refractivity contribution in [1.82, 2.24) is 34.8 Å². The predicted molar refractivity (Wildman–Crippen MR) is 255 cm³/mol. The van der Waals surface area contributed by atoms with Crippen LogP contribution in [0.3, 0.4) is 0 Å². The van der Waals surface area contributed by atoms with Gasteiger partial charge in [0.25, 0.3) is 0 Å². The number of aromatic nitrogens is 6. The van der Waals surface area contributed by atoms with Gasteiger partial charge in [-0.1, -0.05) is 31.0 Å². The van der Waals surface area contributed by atoms with Crippen molar-refractivity contribution < 1.29 is 34.8 Å². The molecule has 0 radical (unpaired) electrons. The Morgan fingerprint density at radius 2 is 1.19 bits per heavy atom. The van der Waals surface area contributed by atoms with Gasteiger partial charge in [-0.25, -0.2) is 24.5 Å². The van der Waals surface area contributed by atoms with Crippen LogP contribution in [0.4, 0.5) is 32.9 Å². The maximum Gasteiger partial charge on any atom is 0.339 e. The molecule has 5 aromatic carbocycles. The van der Waals surface area contributed by atoms with Gasteiger partial charge in [0.05, 0.1) is 28.4 Å². The molecule has 1 aliphatic carbocycles. The van der Waals surface area contributed by atoms with Crippen molar-refractivity contribution in [2.24, 2.45) is 0 Å². The standard InChI is InChI=1S/C23H18N6O4S.C23H29N5O4S/c30-23(25-16-4-2-1-3-5-16)28-22-26-20-11-8-18(14-21(20)27-22)33-34(31,32)19-9-6-17(7-10-19)29-13-12-24-15-29;1-23(2,3)28-22(29)27-21-25-19-13-10-17(14-20(19)26-21)32-33(30,31)18-11-8-16(9-12-18)24-15-6-4-5-7-15/h1-15H,(H3,25,26,27,28,30);8-15,24H,4-7H2,1-3H3,(H3,25,26,27,28,29). The van der Waals surface area contributed by atoms with E-state index in [0.29, 0.717) is 33.8 Å². The van der Waals surface area contributed by atoms with Crippen molar-refractivity contribution in [2.75, 3.05) is 21.3 Å². The minimum absolute atomic E-state index is 0.0148. The van der Waals surface area contributed by atoms with Gasteiger partial charge in [0.15, 0.2) is 0 Å². The highest BCUT2D eigenvalue weighted by Crippen LogP contribution is 2.28. The summed E-state index contributed by atoms with van der Waals surface area (Å²) in [4.78, 5) is 42.7. The minimum atomic E-state index is -4.05. The van der Waals surface area contributed by atoms with Crippen molar-refractivity contribution in [3.8, 4) is 17.2 Å². The van der Waals surface area contributed by atoms with Crippen molar-refractivity contribution in [1.29, 1.82) is 0 Å². The lowest BCUT2D eigenvalue weighted by Gasteiger charge is -2.20. The number of nitrogens with zero attached hydrogens (tertiary/aromatic N) is 4. The Labute approximate surface area is 386 Å². The number of benzene rings is 5. The van der Waals surface area contributed by atoms with Crippen LogP contribution >= 0.6 is 0 Å². The number of amides is 4. The van der Waals surface area contributed by atoms with Gasteiger partial charge in [-0.3, -0.25) is 10.6 Å². The van der Waals surface area contributed by atoms with E-state index in [1.165, 1.54) is 61.4 Å². The summed E-state index contributed by atoms with van der Waals surface area (Å²) < 4.78 is 63.3. The molecule has 0 aliphatic heterocycles. The summed E-state index contributed by atoms with van der Waals surface area (Å²) in [6.45, 7) is 5.61. The quantitative estimate of drug-likeness (QED) is 0.0568. The molecule has 0 spiro atoms. The van der Waals surface area contributed by atoms with Crippen LogP contribution in [-0.4, -0.2) is 70.0 Å². The Bertz CT molecular complexity index is 3220. The molecule has 1 aliphatic rings. The second-order valence-electron chi connectivity index (χ2n) is 16.5. The summed E-state index contributed by atoms with van der Waals surface area (Å²) in [6, 6.07) is 30.7. The number of hydrogen-bond acceptors (Lipinski definition) is 12. The van der Waals surface area contributed by atoms with Crippen molar-refractivity contribution in [3.63, 3.8) is 0 Å². The van der Waals surface area contributed by atoms with E-state index in [2.05, 4.69) is 51.5 Å². The minimum Gasteiger partial charge on any atom is -0.382 e. The van der Waals surface area contributed by atoms with Crippen LogP contribution < -0.4 is 35.0 Å². The monoisotopic (exact) mass is 945 g/mol. The highest BCUT2D eigenvalue weighted by Gasteiger charge is 2.21. The van der Waals surface area contributed by atoms with Gasteiger partial charge in [0, 0.05) is 53.2 Å². The molecule has 1 fully saturated rings. The first-order valence-corrected chi connectivity index (χ1v) is 23.9. The van der Waals surface area contributed by atoms with Crippen molar-refractivity contribution >= 4 is 77.6 Å². The van der Waals surface area contributed by atoms with E-state index >= 15 is 0 Å². The molecule has 1 saturated carbocycles. The van der Waals surface area contributed by atoms with E-state index in [0.717, 1.165) is 24.2 Å². The predicted octanol–water partition coefficient (Wildman–Crippen LogP) is 8.77. The van der Waals surface area contributed by atoms with Gasteiger partial charge in [0.2, 0.25) is 11.9 Å². The fourth-order valence-electron chi connectivity index (χ4n) is 7.04. The number of para-hydroxylation sites is 1. The second-order valence-corrected chi connectivity index (χ2v) is 19.6. The van der Waals surface area contributed by atoms with Crippen LogP contribution in [0.25, 0.3) is 27.8 Å². The van der Waals surface area contributed by atoms with Crippen molar-refractivity contribution in [3.05, 3.63) is 134 Å². The smallest absolute Gasteiger partial charge is 0.339 e. The van der Waals surface area contributed by atoms with E-state index in [1.807, 2.05) is 26.8 Å². The van der Waals surface area contributed by atoms with Gasteiger partial charge in [-0.05, 0) is 119 Å². The summed E-state index contributed by atoms with van der Waals surface area (Å²) in [6.07, 6.45) is 9.73. The molecular weight excluding hydrogens is 899 g/mol. The Hall–Kier alpha value is -7.91. The fraction of sp³-hybridized carbons (Fsp3) is 0.196. The van der Waals surface area contributed by atoms with Crippen LogP contribution in [0.2, 0.25) is 0 Å². The van der Waals surface area contributed by atoms with Crippen LogP contribution in [0, 0.1) is 0 Å². The Morgan fingerprint density at radius 3 is 1.72 bits per heavy atom. The fourth-order valence-corrected chi connectivity index (χ4v) is 8.89.